The zero-order valence-electron chi connectivity index (χ0n) is 13.8. The van der Waals surface area contributed by atoms with Gasteiger partial charge in [0.15, 0.2) is 0 Å². The number of benzene rings is 1. The molecule has 2 rings (SSSR count). The molecule has 116 valence electrons. The summed E-state index contributed by atoms with van der Waals surface area (Å²) in [6.45, 7) is 7.95. The molecule has 1 aromatic rings. The quantitative estimate of drug-likeness (QED) is 0.758. The van der Waals surface area contributed by atoms with Crippen molar-refractivity contribution >= 4 is 5.91 Å². The second-order valence-electron chi connectivity index (χ2n) is 6.29. The lowest BCUT2D eigenvalue weighted by molar-refractivity contribution is 0.0773. The number of hydrogen-bond acceptors (Lipinski definition) is 1. The van der Waals surface area contributed by atoms with Crippen molar-refractivity contribution in [3.8, 4) is 0 Å². The van der Waals surface area contributed by atoms with Gasteiger partial charge >= 0.3 is 0 Å². The molecular weight excluding hydrogens is 258 g/mol. The maximum atomic E-state index is 12.3. The van der Waals surface area contributed by atoms with Crippen LogP contribution in [0.5, 0.6) is 0 Å². The van der Waals surface area contributed by atoms with Crippen molar-refractivity contribution in [1.82, 2.24) is 4.90 Å². The van der Waals surface area contributed by atoms with Crippen molar-refractivity contribution in [2.45, 2.75) is 58.8 Å². The standard InChI is InChI=1S/C19H29NO/c1-4-20(5-2)19(21)18-13-11-17(12-14-18)15(3)16-9-7-6-8-10-16/h11-16H,4-10H2,1-3H3. The molecule has 2 heteroatoms. The van der Waals surface area contributed by atoms with Crippen LogP contribution in [0.3, 0.4) is 0 Å². The summed E-state index contributed by atoms with van der Waals surface area (Å²) in [5.41, 5.74) is 2.20. The fourth-order valence-corrected chi connectivity index (χ4v) is 3.53. The van der Waals surface area contributed by atoms with Crippen LogP contribution < -0.4 is 0 Å². The smallest absolute Gasteiger partial charge is 0.253 e. The molecule has 0 aromatic heterocycles. The zero-order chi connectivity index (χ0) is 15.2. The molecule has 0 saturated heterocycles. The van der Waals surface area contributed by atoms with Crippen molar-refractivity contribution in [1.29, 1.82) is 0 Å². The van der Waals surface area contributed by atoms with E-state index in [0.29, 0.717) is 5.92 Å². The Bertz CT molecular complexity index is 441. The van der Waals surface area contributed by atoms with Crippen LogP contribution in [0.2, 0.25) is 0 Å². The number of rotatable bonds is 5. The largest absolute Gasteiger partial charge is 0.339 e. The molecule has 0 heterocycles. The monoisotopic (exact) mass is 287 g/mol. The van der Waals surface area contributed by atoms with Gasteiger partial charge < -0.3 is 4.90 Å². The Morgan fingerprint density at radius 2 is 1.67 bits per heavy atom. The Hall–Kier alpha value is -1.31. The second kappa shape index (κ2) is 7.63. The Morgan fingerprint density at radius 1 is 1.10 bits per heavy atom. The first kappa shape index (κ1) is 16.1. The van der Waals surface area contributed by atoms with Gasteiger partial charge in [-0.2, -0.15) is 0 Å². The highest BCUT2D eigenvalue weighted by Gasteiger charge is 2.21. The zero-order valence-corrected chi connectivity index (χ0v) is 13.8. The molecule has 1 unspecified atom stereocenters. The van der Waals surface area contributed by atoms with Crippen molar-refractivity contribution < 1.29 is 4.79 Å². The molecule has 0 radical (unpaired) electrons. The number of nitrogens with zero attached hydrogens (tertiary/aromatic N) is 1. The average molecular weight is 287 g/mol. The van der Waals surface area contributed by atoms with E-state index >= 15 is 0 Å². The van der Waals surface area contributed by atoms with Gasteiger partial charge in [-0.05, 0) is 56.2 Å². The van der Waals surface area contributed by atoms with E-state index in [0.717, 1.165) is 24.6 Å². The Kier molecular flexibility index (Phi) is 5.84. The third-order valence-corrected chi connectivity index (χ3v) is 5.09. The first-order valence-corrected chi connectivity index (χ1v) is 8.56. The Morgan fingerprint density at radius 3 is 2.19 bits per heavy atom. The lowest BCUT2D eigenvalue weighted by Gasteiger charge is -2.28. The van der Waals surface area contributed by atoms with Gasteiger partial charge in [-0.25, -0.2) is 0 Å². The summed E-state index contributed by atoms with van der Waals surface area (Å²) >= 11 is 0. The molecule has 1 aliphatic carbocycles. The molecule has 1 aliphatic rings. The van der Waals surface area contributed by atoms with E-state index in [1.807, 2.05) is 30.9 Å². The Balaban J connectivity index is 2.05. The van der Waals surface area contributed by atoms with Gasteiger partial charge in [0.1, 0.15) is 0 Å². The van der Waals surface area contributed by atoms with Crippen molar-refractivity contribution in [2.24, 2.45) is 5.92 Å². The molecular formula is C19H29NO. The van der Waals surface area contributed by atoms with Crippen LogP contribution in [0.1, 0.15) is 74.7 Å². The molecule has 1 aromatic carbocycles. The third kappa shape index (κ3) is 3.87. The summed E-state index contributed by atoms with van der Waals surface area (Å²) < 4.78 is 0. The minimum Gasteiger partial charge on any atom is -0.339 e. The maximum Gasteiger partial charge on any atom is 0.253 e. The first-order chi connectivity index (χ1) is 10.2. The van der Waals surface area contributed by atoms with Crippen molar-refractivity contribution in [3.63, 3.8) is 0 Å². The summed E-state index contributed by atoms with van der Waals surface area (Å²) in [7, 11) is 0. The van der Waals surface area contributed by atoms with Gasteiger partial charge in [0.25, 0.3) is 5.91 Å². The van der Waals surface area contributed by atoms with E-state index < -0.39 is 0 Å². The number of hydrogen-bond donors (Lipinski definition) is 0. The Labute approximate surface area is 129 Å². The predicted molar refractivity (Wildman–Crippen MR) is 88.7 cm³/mol. The van der Waals surface area contributed by atoms with E-state index in [-0.39, 0.29) is 5.91 Å². The number of carbonyl (C=O) groups excluding carboxylic acids is 1. The highest BCUT2D eigenvalue weighted by molar-refractivity contribution is 5.94. The van der Waals surface area contributed by atoms with Crippen LogP contribution in [0, 0.1) is 5.92 Å². The minimum atomic E-state index is 0.150. The van der Waals surface area contributed by atoms with Crippen LogP contribution in [0.4, 0.5) is 0 Å². The molecule has 0 bridgehead atoms. The lowest BCUT2D eigenvalue weighted by atomic mass is 9.78. The fraction of sp³-hybridized carbons (Fsp3) is 0.632. The average Bonchev–Trinajstić information content (AvgIpc) is 2.56. The summed E-state index contributed by atoms with van der Waals surface area (Å²) in [5, 5.41) is 0. The van der Waals surface area contributed by atoms with E-state index in [1.165, 1.54) is 37.7 Å². The second-order valence-corrected chi connectivity index (χ2v) is 6.29. The van der Waals surface area contributed by atoms with Gasteiger partial charge in [0.05, 0.1) is 0 Å². The molecule has 1 fully saturated rings. The molecule has 0 N–H and O–H groups in total. The van der Waals surface area contributed by atoms with Gasteiger partial charge in [0.2, 0.25) is 0 Å². The summed E-state index contributed by atoms with van der Waals surface area (Å²) in [4.78, 5) is 14.2. The number of carbonyl (C=O) groups is 1. The number of amides is 1. The summed E-state index contributed by atoms with van der Waals surface area (Å²) in [5.74, 6) is 1.59. The van der Waals surface area contributed by atoms with E-state index in [9.17, 15) is 4.79 Å². The maximum absolute atomic E-state index is 12.3. The molecule has 0 spiro atoms. The third-order valence-electron chi connectivity index (χ3n) is 5.09. The molecule has 2 nitrogen and oxygen atoms in total. The van der Waals surface area contributed by atoms with Gasteiger partial charge in [0, 0.05) is 18.7 Å². The SMILES string of the molecule is CCN(CC)C(=O)c1ccc(C(C)C2CCCCC2)cc1. The molecule has 1 amide bonds. The lowest BCUT2D eigenvalue weighted by Crippen LogP contribution is -2.30. The van der Waals surface area contributed by atoms with Crippen LogP contribution >= 0.6 is 0 Å². The highest BCUT2D eigenvalue weighted by atomic mass is 16.2. The van der Waals surface area contributed by atoms with Crippen LogP contribution in [-0.4, -0.2) is 23.9 Å². The topological polar surface area (TPSA) is 20.3 Å². The molecule has 0 aliphatic heterocycles. The normalized spacial score (nSPS) is 17.5. The summed E-state index contributed by atoms with van der Waals surface area (Å²) in [6, 6.07) is 8.34. The van der Waals surface area contributed by atoms with Crippen LogP contribution in [0.25, 0.3) is 0 Å². The van der Waals surface area contributed by atoms with Gasteiger partial charge in [-0.1, -0.05) is 38.3 Å². The summed E-state index contributed by atoms with van der Waals surface area (Å²) in [6.07, 6.45) is 6.89. The molecule has 21 heavy (non-hydrogen) atoms. The molecule has 1 saturated carbocycles. The van der Waals surface area contributed by atoms with E-state index in [2.05, 4.69) is 19.1 Å². The van der Waals surface area contributed by atoms with Gasteiger partial charge in [-0.15, -0.1) is 0 Å². The highest BCUT2D eigenvalue weighted by Crippen LogP contribution is 2.35. The minimum absolute atomic E-state index is 0.150. The molecule has 1 atom stereocenters. The first-order valence-electron chi connectivity index (χ1n) is 8.56. The van der Waals surface area contributed by atoms with E-state index in [4.69, 9.17) is 0 Å². The fourth-order valence-electron chi connectivity index (χ4n) is 3.53. The van der Waals surface area contributed by atoms with E-state index in [1.54, 1.807) is 0 Å². The van der Waals surface area contributed by atoms with Crippen LogP contribution in [-0.2, 0) is 0 Å². The van der Waals surface area contributed by atoms with Crippen LogP contribution in [0.15, 0.2) is 24.3 Å². The van der Waals surface area contributed by atoms with Crippen molar-refractivity contribution in [2.75, 3.05) is 13.1 Å². The van der Waals surface area contributed by atoms with Crippen molar-refractivity contribution in [3.05, 3.63) is 35.4 Å². The predicted octanol–water partition coefficient (Wildman–Crippen LogP) is 4.85. The van der Waals surface area contributed by atoms with Gasteiger partial charge in [-0.3, -0.25) is 4.79 Å².